The van der Waals surface area contributed by atoms with Crippen LogP contribution in [-0.4, -0.2) is 13.4 Å². The van der Waals surface area contributed by atoms with Gasteiger partial charge in [0.15, 0.2) is 0 Å². The normalized spacial score (nSPS) is 11.8. The Morgan fingerprint density at radius 1 is 1.43 bits per heavy atom. The monoisotopic (exact) mass is 313 g/mol. The number of halogens is 1. The van der Waals surface area contributed by atoms with Crippen LogP contribution in [-0.2, 0) is 23.0 Å². The molecule has 2 rings (SSSR count). The molecule has 0 saturated heterocycles. The van der Waals surface area contributed by atoms with E-state index < -0.39 is 15.8 Å². The number of nitrogen functional groups attached to an aromatic ring is 1. The van der Waals surface area contributed by atoms with Gasteiger partial charge in [-0.2, -0.15) is 0 Å². The molecular formula is C13H16FN3O3S. The molecule has 1 heterocycles. The summed E-state index contributed by atoms with van der Waals surface area (Å²) in [6.07, 6.45) is 2.20. The van der Waals surface area contributed by atoms with Crippen molar-refractivity contribution in [3.63, 3.8) is 0 Å². The number of sulfonamides is 1. The number of nitrogens with zero attached hydrogens (tertiary/aromatic N) is 1. The minimum atomic E-state index is -3.89. The van der Waals surface area contributed by atoms with E-state index >= 15 is 0 Å². The van der Waals surface area contributed by atoms with E-state index in [-0.39, 0.29) is 28.6 Å². The predicted octanol–water partition coefficient (Wildman–Crippen LogP) is 1.75. The zero-order valence-corrected chi connectivity index (χ0v) is 12.5. The topological polar surface area (TPSA) is 98.2 Å². The van der Waals surface area contributed by atoms with E-state index in [9.17, 15) is 12.8 Å². The Labute approximate surface area is 122 Å². The van der Waals surface area contributed by atoms with Crippen molar-refractivity contribution >= 4 is 15.7 Å². The number of benzene rings is 1. The number of anilines is 1. The Bertz CT molecular complexity index is 733. The largest absolute Gasteiger partial charge is 0.444 e. The van der Waals surface area contributed by atoms with Gasteiger partial charge in [-0.05, 0) is 19.1 Å². The highest BCUT2D eigenvalue weighted by Gasteiger charge is 2.18. The first-order valence-corrected chi connectivity index (χ1v) is 7.80. The molecule has 0 fully saturated rings. The summed E-state index contributed by atoms with van der Waals surface area (Å²) in [5.41, 5.74) is 5.88. The zero-order valence-electron chi connectivity index (χ0n) is 11.7. The quantitative estimate of drug-likeness (QED) is 0.819. The molecule has 0 amide bonds. The van der Waals surface area contributed by atoms with Gasteiger partial charge in [-0.1, -0.05) is 6.92 Å². The summed E-state index contributed by atoms with van der Waals surface area (Å²) in [5, 5.41) is 0. The molecule has 3 N–H and O–H groups in total. The van der Waals surface area contributed by atoms with Gasteiger partial charge in [-0.25, -0.2) is 22.5 Å². The molecule has 2 aromatic rings. The van der Waals surface area contributed by atoms with Crippen LogP contribution in [0.1, 0.15) is 24.1 Å². The molecule has 0 radical (unpaired) electrons. The molecule has 0 atom stereocenters. The van der Waals surface area contributed by atoms with Gasteiger partial charge in [0.25, 0.3) is 0 Å². The molecule has 0 unspecified atom stereocenters. The van der Waals surface area contributed by atoms with Crippen LogP contribution in [0, 0.1) is 12.7 Å². The summed E-state index contributed by atoms with van der Waals surface area (Å²) in [5.74, 6) is 0.241. The first-order chi connectivity index (χ1) is 9.83. The van der Waals surface area contributed by atoms with E-state index in [0.717, 1.165) is 6.07 Å². The fourth-order valence-electron chi connectivity index (χ4n) is 1.66. The highest BCUT2D eigenvalue weighted by atomic mass is 32.2. The maximum atomic E-state index is 13.6. The van der Waals surface area contributed by atoms with E-state index in [1.807, 2.05) is 6.92 Å². The number of hydrogen-bond acceptors (Lipinski definition) is 5. The second-order valence-corrected chi connectivity index (χ2v) is 6.28. The standard InChI is InChI=1S/C13H16FN3O3S/c1-3-9-6-16-13(20-9)7-17-21(18,19)10-4-11(14)8(2)12(15)5-10/h4-6,17H,3,7,15H2,1-2H3. The molecule has 0 aliphatic heterocycles. The summed E-state index contributed by atoms with van der Waals surface area (Å²) in [6, 6.07) is 2.15. The lowest BCUT2D eigenvalue weighted by Crippen LogP contribution is -2.23. The van der Waals surface area contributed by atoms with Crippen molar-refractivity contribution in [1.29, 1.82) is 0 Å². The Morgan fingerprint density at radius 3 is 2.71 bits per heavy atom. The lowest BCUT2D eigenvalue weighted by atomic mass is 10.2. The molecule has 8 heteroatoms. The van der Waals surface area contributed by atoms with Crippen molar-refractivity contribution in [3.05, 3.63) is 41.4 Å². The molecule has 0 bridgehead atoms. The average molecular weight is 313 g/mol. The van der Waals surface area contributed by atoms with E-state index in [0.29, 0.717) is 12.2 Å². The van der Waals surface area contributed by atoms with Crippen molar-refractivity contribution in [1.82, 2.24) is 9.71 Å². The summed E-state index contributed by atoms with van der Waals surface area (Å²) in [7, 11) is -3.89. The number of rotatable bonds is 5. The van der Waals surface area contributed by atoms with Crippen molar-refractivity contribution in [2.45, 2.75) is 31.7 Å². The summed E-state index contributed by atoms with van der Waals surface area (Å²) >= 11 is 0. The minimum Gasteiger partial charge on any atom is -0.444 e. The number of hydrogen-bond donors (Lipinski definition) is 2. The van der Waals surface area contributed by atoms with Gasteiger partial charge in [0, 0.05) is 17.7 Å². The first-order valence-electron chi connectivity index (χ1n) is 6.32. The van der Waals surface area contributed by atoms with Crippen LogP contribution < -0.4 is 10.5 Å². The third-order valence-corrected chi connectivity index (χ3v) is 4.41. The van der Waals surface area contributed by atoms with Crippen molar-refractivity contribution < 1.29 is 17.2 Å². The smallest absolute Gasteiger partial charge is 0.241 e. The predicted molar refractivity (Wildman–Crippen MR) is 75.5 cm³/mol. The Balaban J connectivity index is 2.18. The number of nitrogens with two attached hydrogens (primary N) is 1. The van der Waals surface area contributed by atoms with Crippen LogP contribution in [0.25, 0.3) is 0 Å². The summed E-state index contributed by atoms with van der Waals surface area (Å²) in [4.78, 5) is 3.71. The fraction of sp³-hybridized carbons (Fsp3) is 0.308. The van der Waals surface area contributed by atoms with Gasteiger partial charge in [0.2, 0.25) is 15.9 Å². The van der Waals surface area contributed by atoms with Gasteiger partial charge in [-0.3, -0.25) is 0 Å². The average Bonchev–Trinajstić information content (AvgIpc) is 2.90. The van der Waals surface area contributed by atoms with Crippen LogP contribution in [0.5, 0.6) is 0 Å². The van der Waals surface area contributed by atoms with E-state index in [1.54, 1.807) is 0 Å². The maximum absolute atomic E-state index is 13.6. The van der Waals surface area contributed by atoms with Crippen molar-refractivity contribution in [3.8, 4) is 0 Å². The third-order valence-electron chi connectivity index (χ3n) is 3.03. The lowest BCUT2D eigenvalue weighted by molar-refractivity contribution is 0.452. The molecule has 1 aromatic heterocycles. The fourth-order valence-corrected chi connectivity index (χ4v) is 2.68. The van der Waals surface area contributed by atoms with Crippen molar-refractivity contribution in [2.24, 2.45) is 0 Å². The molecule has 0 saturated carbocycles. The Hall–Kier alpha value is -1.93. The molecule has 114 valence electrons. The second kappa shape index (κ2) is 5.82. The number of oxazole rings is 1. The van der Waals surface area contributed by atoms with E-state index in [1.165, 1.54) is 19.2 Å². The van der Waals surface area contributed by atoms with Crippen LogP contribution >= 0.6 is 0 Å². The highest BCUT2D eigenvalue weighted by Crippen LogP contribution is 2.21. The van der Waals surface area contributed by atoms with E-state index in [4.69, 9.17) is 10.2 Å². The van der Waals surface area contributed by atoms with Gasteiger partial charge >= 0.3 is 0 Å². The lowest BCUT2D eigenvalue weighted by Gasteiger charge is -2.08. The SMILES string of the molecule is CCc1cnc(CNS(=O)(=O)c2cc(N)c(C)c(F)c2)o1. The maximum Gasteiger partial charge on any atom is 0.241 e. The number of nitrogens with one attached hydrogen (secondary N) is 1. The van der Waals surface area contributed by atoms with Crippen LogP contribution in [0.4, 0.5) is 10.1 Å². The molecule has 1 aromatic carbocycles. The molecular weight excluding hydrogens is 297 g/mol. The van der Waals surface area contributed by atoms with E-state index in [2.05, 4.69) is 9.71 Å². The highest BCUT2D eigenvalue weighted by molar-refractivity contribution is 7.89. The van der Waals surface area contributed by atoms with Crippen LogP contribution in [0.3, 0.4) is 0 Å². The summed E-state index contributed by atoms with van der Waals surface area (Å²) < 4.78 is 45.4. The Kier molecular flexibility index (Phi) is 4.29. The molecule has 6 nitrogen and oxygen atoms in total. The second-order valence-electron chi connectivity index (χ2n) is 4.52. The third kappa shape index (κ3) is 3.40. The van der Waals surface area contributed by atoms with Gasteiger partial charge < -0.3 is 10.2 Å². The van der Waals surface area contributed by atoms with Crippen LogP contribution in [0.2, 0.25) is 0 Å². The molecule has 0 aliphatic carbocycles. The van der Waals surface area contributed by atoms with Crippen LogP contribution in [0.15, 0.2) is 27.6 Å². The number of aromatic nitrogens is 1. The zero-order chi connectivity index (χ0) is 15.6. The summed E-state index contributed by atoms with van der Waals surface area (Å²) in [6.45, 7) is 3.26. The molecule has 21 heavy (non-hydrogen) atoms. The molecule has 0 spiro atoms. The number of aryl methyl sites for hydroxylation is 1. The van der Waals surface area contributed by atoms with Gasteiger partial charge in [0.05, 0.1) is 17.6 Å². The van der Waals surface area contributed by atoms with Crippen molar-refractivity contribution in [2.75, 3.05) is 5.73 Å². The molecule has 0 aliphatic rings. The minimum absolute atomic E-state index is 0.0831. The van der Waals surface area contributed by atoms with Gasteiger partial charge in [0.1, 0.15) is 11.6 Å². The first kappa shape index (κ1) is 15.5. The van der Waals surface area contributed by atoms with Gasteiger partial charge in [-0.15, -0.1) is 0 Å². The Morgan fingerprint density at radius 2 is 2.14 bits per heavy atom.